The van der Waals surface area contributed by atoms with Crippen LogP contribution in [0.2, 0.25) is 0 Å². The fourth-order valence-electron chi connectivity index (χ4n) is 3.09. The summed E-state index contributed by atoms with van der Waals surface area (Å²) in [5.74, 6) is 2.79. The number of thioether (sulfide) groups is 1. The average Bonchev–Trinajstić information content (AvgIpc) is 2.72. The molecule has 0 saturated carbocycles. The summed E-state index contributed by atoms with van der Waals surface area (Å²) in [7, 11) is 1.65. The second-order valence-electron chi connectivity index (χ2n) is 6.23. The number of amides is 1. The maximum Gasteiger partial charge on any atom is 0.233 e. The first-order chi connectivity index (χ1) is 13.1. The Morgan fingerprint density at radius 1 is 1.19 bits per heavy atom. The zero-order chi connectivity index (χ0) is 19.2. The Labute approximate surface area is 164 Å². The molecule has 0 radical (unpaired) electrons. The van der Waals surface area contributed by atoms with Crippen LogP contribution in [0.25, 0.3) is 0 Å². The number of fused-ring (bicyclic) bond motifs is 1. The molecule has 3 rings (SSSR count). The highest BCUT2D eigenvalue weighted by Crippen LogP contribution is 2.34. The van der Waals surface area contributed by atoms with Crippen LogP contribution in [-0.2, 0) is 4.79 Å². The molecule has 0 aromatic heterocycles. The molecule has 0 bridgehead atoms. The normalized spacial score (nSPS) is 13.7. The number of carbonyl (C=O) groups is 1. The topological polar surface area (TPSA) is 48.0 Å². The van der Waals surface area contributed by atoms with Gasteiger partial charge in [0.25, 0.3) is 0 Å². The van der Waals surface area contributed by atoms with Gasteiger partial charge in [-0.3, -0.25) is 4.79 Å². The van der Waals surface area contributed by atoms with E-state index < -0.39 is 0 Å². The molecule has 0 saturated heterocycles. The van der Waals surface area contributed by atoms with Crippen LogP contribution < -0.4 is 14.2 Å². The van der Waals surface area contributed by atoms with Crippen LogP contribution in [-0.4, -0.2) is 43.4 Å². The summed E-state index contributed by atoms with van der Waals surface area (Å²) in [6, 6.07) is 13.7. The van der Waals surface area contributed by atoms with Crippen LogP contribution in [0.15, 0.2) is 47.4 Å². The van der Waals surface area contributed by atoms with Crippen molar-refractivity contribution in [1.82, 2.24) is 4.90 Å². The molecule has 0 spiro atoms. The van der Waals surface area contributed by atoms with Crippen LogP contribution in [0.3, 0.4) is 0 Å². The molecule has 0 unspecified atom stereocenters. The van der Waals surface area contributed by atoms with E-state index in [2.05, 4.69) is 0 Å². The van der Waals surface area contributed by atoms with Gasteiger partial charge in [0, 0.05) is 11.4 Å². The maximum absolute atomic E-state index is 12.8. The first-order valence-electron chi connectivity index (χ1n) is 9.08. The molecular formula is C21H25NO4S. The lowest BCUT2D eigenvalue weighted by molar-refractivity contribution is -0.130. The molecule has 0 fully saturated rings. The largest absolute Gasteiger partial charge is 0.497 e. The van der Waals surface area contributed by atoms with E-state index in [9.17, 15) is 4.79 Å². The number of ether oxygens (including phenoxy) is 3. The minimum atomic E-state index is -0.0153. The van der Waals surface area contributed by atoms with Gasteiger partial charge in [-0.15, -0.1) is 11.8 Å². The first kappa shape index (κ1) is 19.4. The Balaban J connectivity index is 1.64. The van der Waals surface area contributed by atoms with Gasteiger partial charge in [-0.05, 0) is 49.7 Å². The average molecular weight is 388 g/mol. The molecule has 1 atom stereocenters. The van der Waals surface area contributed by atoms with Crippen molar-refractivity contribution in [3.8, 4) is 17.2 Å². The van der Waals surface area contributed by atoms with Crippen LogP contribution in [0.5, 0.6) is 17.2 Å². The molecular weight excluding hydrogens is 362 g/mol. The minimum Gasteiger partial charge on any atom is -0.497 e. The number of nitrogens with zero attached hydrogens (tertiary/aromatic N) is 1. The van der Waals surface area contributed by atoms with Crippen molar-refractivity contribution in [2.24, 2.45) is 0 Å². The van der Waals surface area contributed by atoms with Crippen molar-refractivity contribution in [3.05, 3.63) is 48.0 Å². The quantitative estimate of drug-likeness (QED) is 0.668. The van der Waals surface area contributed by atoms with Crippen molar-refractivity contribution in [3.63, 3.8) is 0 Å². The van der Waals surface area contributed by atoms with Crippen molar-refractivity contribution in [2.45, 2.75) is 24.8 Å². The van der Waals surface area contributed by atoms with E-state index in [1.54, 1.807) is 7.11 Å². The molecule has 0 N–H and O–H groups in total. The van der Waals surface area contributed by atoms with Crippen LogP contribution in [0.1, 0.15) is 25.5 Å². The molecule has 1 amide bonds. The molecule has 5 nitrogen and oxygen atoms in total. The third-order valence-corrected chi connectivity index (χ3v) is 5.56. The number of methoxy groups -OCH3 is 1. The molecule has 27 heavy (non-hydrogen) atoms. The summed E-state index contributed by atoms with van der Waals surface area (Å²) in [5, 5.41) is 0. The number of rotatable bonds is 7. The van der Waals surface area contributed by atoms with Gasteiger partial charge in [-0.25, -0.2) is 0 Å². The van der Waals surface area contributed by atoms with Gasteiger partial charge >= 0.3 is 0 Å². The van der Waals surface area contributed by atoms with Gasteiger partial charge < -0.3 is 19.1 Å². The summed E-state index contributed by atoms with van der Waals surface area (Å²) in [6.07, 6.45) is 0. The SMILES string of the molecule is CCN(C(=O)CSc1ccc2c(c1)OCCO2)[C@H](C)c1cccc(OC)c1. The van der Waals surface area contributed by atoms with Crippen molar-refractivity contribution < 1.29 is 19.0 Å². The van der Waals surface area contributed by atoms with Crippen LogP contribution in [0, 0.1) is 0 Å². The fourth-order valence-corrected chi connectivity index (χ4v) is 3.90. The van der Waals surface area contributed by atoms with E-state index >= 15 is 0 Å². The second-order valence-corrected chi connectivity index (χ2v) is 7.28. The summed E-state index contributed by atoms with van der Waals surface area (Å²) in [6.45, 7) is 5.83. The molecule has 1 heterocycles. The van der Waals surface area contributed by atoms with Crippen molar-refractivity contribution >= 4 is 17.7 Å². The molecule has 0 aliphatic carbocycles. The molecule has 2 aromatic carbocycles. The van der Waals surface area contributed by atoms with E-state index in [0.717, 1.165) is 27.7 Å². The summed E-state index contributed by atoms with van der Waals surface area (Å²) < 4.78 is 16.5. The minimum absolute atomic E-state index is 0.0153. The monoisotopic (exact) mass is 387 g/mol. The van der Waals surface area contributed by atoms with E-state index in [4.69, 9.17) is 14.2 Å². The Bertz CT molecular complexity index is 796. The van der Waals surface area contributed by atoms with Gasteiger partial charge in [0.2, 0.25) is 5.91 Å². The van der Waals surface area contributed by atoms with Crippen molar-refractivity contribution in [2.75, 3.05) is 32.6 Å². The predicted molar refractivity (Wildman–Crippen MR) is 107 cm³/mol. The highest BCUT2D eigenvalue weighted by molar-refractivity contribution is 8.00. The lowest BCUT2D eigenvalue weighted by Crippen LogP contribution is -2.34. The van der Waals surface area contributed by atoms with Gasteiger partial charge in [0.15, 0.2) is 11.5 Å². The number of hydrogen-bond donors (Lipinski definition) is 0. The number of carbonyl (C=O) groups excluding carboxylic acids is 1. The Morgan fingerprint density at radius 3 is 2.70 bits per heavy atom. The van der Waals surface area contributed by atoms with Crippen LogP contribution >= 0.6 is 11.8 Å². The van der Waals surface area contributed by atoms with Gasteiger partial charge in [0.05, 0.1) is 18.9 Å². The molecule has 1 aliphatic rings. The first-order valence-corrected chi connectivity index (χ1v) is 10.1. The zero-order valence-electron chi connectivity index (χ0n) is 15.9. The van der Waals surface area contributed by atoms with Crippen LogP contribution in [0.4, 0.5) is 0 Å². The summed E-state index contributed by atoms with van der Waals surface area (Å²) in [4.78, 5) is 15.7. The summed E-state index contributed by atoms with van der Waals surface area (Å²) >= 11 is 1.51. The second kappa shape index (κ2) is 9.04. The third kappa shape index (κ3) is 4.69. The van der Waals surface area contributed by atoms with E-state index in [0.29, 0.717) is 25.5 Å². The van der Waals surface area contributed by atoms with E-state index in [1.807, 2.05) is 61.2 Å². The predicted octanol–water partition coefficient (Wildman–Crippen LogP) is 4.17. The van der Waals surface area contributed by atoms with Gasteiger partial charge in [-0.2, -0.15) is 0 Å². The fraction of sp³-hybridized carbons (Fsp3) is 0.381. The van der Waals surface area contributed by atoms with Gasteiger partial charge in [-0.1, -0.05) is 12.1 Å². The molecule has 6 heteroatoms. The molecule has 1 aliphatic heterocycles. The molecule has 2 aromatic rings. The van der Waals surface area contributed by atoms with Gasteiger partial charge in [0.1, 0.15) is 19.0 Å². The number of benzene rings is 2. The zero-order valence-corrected chi connectivity index (χ0v) is 16.8. The Morgan fingerprint density at radius 2 is 1.96 bits per heavy atom. The lowest BCUT2D eigenvalue weighted by atomic mass is 10.1. The third-order valence-electron chi connectivity index (χ3n) is 4.58. The maximum atomic E-state index is 12.8. The molecule has 144 valence electrons. The Kier molecular flexibility index (Phi) is 6.50. The highest BCUT2D eigenvalue weighted by Gasteiger charge is 2.21. The van der Waals surface area contributed by atoms with Crippen molar-refractivity contribution in [1.29, 1.82) is 0 Å². The highest BCUT2D eigenvalue weighted by atomic mass is 32.2. The van der Waals surface area contributed by atoms with E-state index in [1.165, 1.54) is 11.8 Å². The smallest absolute Gasteiger partial charge is 0.233 e. The summed E-state index contributed by atoms with van der Waals surface area (Å²) in [5.41, 5.74) is 1.06. The standard InChI is InChI=1S/C21H25NO4S/c1-4-22(15(2)16-6-5-7-17(12-16)24-3)21(23)14-27-18-8-9-19-20(13-18)26-11-10-25-19/h5-9,12-13,15H,4,10-11,14H2,1-3H3/t15-/m1/s1. The van der Waals surface area contributed by atoms with E-state index in [-0.39, 0.29) is 11.9 Å². The Hall–Kier alpha value is -2.34. The number of hydrogen-bond acceptors (Lipinski definition) is 5. The lowest BCUT2D eigenvalue weighted by Gasteiger charge is -2.28.